The van der Waals surface area contributed by atoms with Crippen LogP contribution in [0.25, 0.3) is 5.69 Å². The molecule has 29 heavy (non-hydrogen) atoms. The van der Waals surface area contributed by atoms with Gasteiger partial charge >= 0.3 is 0 Å². The van der Waals surface area contributed by atoms with Crippen LogP contribution in [0, 0.1) is 0 Å². The van der Waals surface area contributed by atoms with Gasteiger partial charge in [-0.15, -0.1) is 24.0 Å². The SMILES string of the molecule is CN=C(NCCc1ccc(-n2cccn2)cc1)N1CCOC(C2CCCO2)C1.I. The zero-order valence-corrected chi connectivity index (χ0v) is 19.2. The Bertz CT molecular complexity index is 760. The number of hydrogen-bond acceptors (Lipinski definition) is 4. The summed E-state index contributed by atoms with van der Waals surface area (Å²) in [5.74, 6) is 0.944. The van der Waals surface area contributed by atoms with E-state index in [0.717, 1.165) is 63.8 Å². The summed E-state index contributed by atoms with van der Waals surface area (Å²) in [5.41, 5.74) is 2.36. The van der Waals surface area contributed by atoms with E-state index in [4.69, 9.17) is 9.47 Å². The molecule has 1 N–H and O–H groups in total. The standard InChI is InChI=1S/C21H29N5O2.HI/c1-22-21(25-13-15-28-20(16-25)19-4-2-14-27-19)23-11-9-17-5-7-18(8-6-17)26-12-3-10-24-26;/h3,5-8,10,12,19-20H,2,4,9,11,13-16H2,1H3,(H,22,23);1H. The fraction of sp³-hybridized carbons (Fsp3) is 0.524. The molecule has 3 heterocycles. The maximum atomic E-state index is 5.95. The fourth-order valence-corrected chi connectivity index (χ4v) is 3.88. The number of ether oxygens (including phenoxy) is 2. The van der Waals surface area contributed by atoms with E-state index in [-0.39, 0.29) is 36.2 Å². The van der Waals surface area contributed by atoms with Crippen LogP contribution in [0.15, 0.2) is 47.7 Å². The van der Waals surface area contributed by atoms with Gasteiger partial charge in [0.1, 0.15) is 6.10 Å². The van der Waals surface area contributed by atoms with Crippen molar-refractivity contribution in [3.8, 4) is 5.69 Å². The Balaban J connectivity index is 0.00000240. The lowest BCUT2D eigenvalue weighted by atomic mass is 10.1. The van der Waals surface area contributed by atoms with Crippen LogP contribution >= 0.6 is 24.0 Å². The van der Waals surface area contributed by atoms with Crippen LogP contribution in [0.1, 0.15) is 18.4 Å². The van der Waals surface area contributed by atoms with Crippen molar-refractivity contribution in [2.24, 2.45) is 4.99 Å². The predicted molar refractivity (Wildman–Crippen MR) is 124 cm³/mol. The number of nitrogens with one attached hydrogen (secondary N) is 1. The molecule has 0 amide bonds. The minimum Gasteiger partial charge on any atom is -0.375 e. The van der Waals surface area contributed by atoms with Crippen LogP contribution in [-0.2, 0) is 15.9 Å². The highest BCUT2D eigenvalue weighted by Crippen LogP contribution is 2.21. The highest BCUT2D eigenvalue weighted by Gasteiger charge is 2.32. The predicted octanol–water partition coefficient (Wildman–Crippen LogP) is 2.49. The summed E-state index contributed by atoms with van der Waals surface area (Å²) >= 11 is 0. The van der Waals surface area contributed by atoms with E-state index in [0.29, 0.717) is 0 Å². The third kappa shape index (κ3) is 5.70. The molecule has 8 heteroatoms. The first-order valence-electron chi connectivity index (χ1n) is 10.1. The average molecular weight is 511 g/mol. The molecule has 0 saturated carbocycles. The highest BCUT2D eigenvalue weighted by molar-refractivity contribution is 14.0. The summed E-state index contributed by atoms with van der Waals surface area (Å²) in [5, 5.41) is 7.77. The molecule has 7 nitrogen and oxygen atoms in total. The van der Waals surface area contributed by atoms with Crippen molar-refractivity contribution in [1.29, 1.82) is 0 Å². The molecule has 2 fully saturated rings. The number of benzene rings is 1. The van der Waals surface area contributed by atoms with E-state index in [9.17, 15) is 0 Å². The molecule has 4 rings (SSSR count). The second-order valence-electron chi connectivity index (χ2n) is 7.25. The van der Waals surface area contributed by atoms with Gasteiger partial charge in [0.2, 0.25) is 0 Å². The van der Waals surface area contributed by atoms with Gasteiger partial charge in [-0.25, -0.2) is 4.68 Å². The van der Waals surface area contributed by atoms with Gasteiger partial charge < -0.3 is 19.7 Å². The molecule has 2 aliphatic heterocycles. The molecule has 1 aromatic carbocycles. The van der Waals surface area contributed by atoms with Gasteiger partial charge in [0.25, 0.3) is 0 Å². The van der Waals surface area contributed by atoms with Gasteiger partial charge in [0.05, 0.1) is 18.4 Å². The molecule has 2 saturated heterocycles. The van der Waals surface area contributed by atoms with Gasteiger partial charge in [-0.05, 0) is 43.0 Å². The van der Waals surface area contributed by atoms with Crippen molar-refractivity contribution in [2.45, 2.75) is 31.5 Å². The van der Waals surface area contributed by atoms with E-state index in [1.807, 2.05) is 24.0 Å². The van der Waals surface area contributed by atoms with Crippen LogP contribution in [0.3, 0.4) is 0 Å². The van der Waals surface area contributed by atoms with Crippen LogP contribution in [0.2, 0.25) is 0 Å². The first-order valence-corrected chi connectivity index (χ1v) is 10.1. The molecule has 0 radical (unpaired) electrons. The highest BCUT2D eigenvalue weighted by atomic mass is 127. The van der Waals surface area contributed by atoms with Crippen molar-refractivity contribution in [3.05, 3.63) is 48.3 Å². The summed E-state index contributed by atoms with van der Waals surface area (Å²) in [6, 6.07) is 10.4. The van der Waals surface area contributed by atoms with Crippen LogP contribution < -0.4 is 5.32 Å². The van der Waals surface area contributed by atoms with Crippen molar-refractivity contribution < 1.29 is 9.47 Å². The smallest absolute Gasteiger partial charge is 0.193 e. The van der Waals surface area contributed by atoms with Crippen LogP contribution in [0.4, 0.5) is 0 Å². The molecule has 158 valence electrons. The number of hydrogen-bond donors (Lipinski definition) is 1. The summed E-state index contributed by atoms with van der Waals surface area (Å²) in [6.07, 6.45) is 7.29. The number of halogens is 1. The zero-order valence-electron chi connectivity index (χ0n) is 16.9. The van der Waals surface area contributed by atoms with Crippen LogP contribution in [-0.4, -0.2) is 72.7 Å². The van der Waals surface area contributed by atoms with E-state index in [2.05, 4.69) is 44.6 Å². The van der Waals surface area contributed by atoms with Gasteiger partial charge in [0.15, 0.2) is 5.96 Å². The number of morpholine rings is 1. The molecule has 2 atom stereocenters. The minimum absolute atomic E-state index is 0. The lowest BCUT2D eigenvalue weighted by molar-refractivity contribution is -0.0816. The Morgan fingerprint density at radius 3 is 2.72 bits per heavy atom. The summed E-state index contributed by atoms with van der Waals surface area (Å²) in [7, 11) is 1.84. The normalized spacial score (nSPS) is 22.4. The van der Waals surface area contributed by atoms with E-state index < -0.39 is 0 Å². The van der Waals surface area contributed by atoms with Gasteiger partial charge in [-0.2, -0.15) is 5.10 Å². The molecule has 0 aliphatic carbocycles. The summed E-state index contributed by atoms with van der Waals surface area (Å²) in [4.78, 5) is 6.76. The third-order valence-electron chi connectivity index (χ3n) is 5.39. The number of aliphatic imine (C=N–C) groups is 1. The molecular weight excluding hydrogens is 481 g/mol. The van der Waals surface area contributed by atoms with Crippen molar-refractivity contribution in [1.82, 2.24) is 20.0 Å². The first kappa shape index (κ1) is 22.0. The monoisotopic (exact) mass is 511 g/mol. The topological polar surface area (TPSA) is 63.9 Å². The Kier molecular flexibility index (Phi) is 8.31. The summed E-state index contributed by atoms with van der Waals surface area (Å²) in [6.45, 7) is 4.12. The molecule has 2 unspecified atom stereocenters. The van der Waals surface area contributed by atoms with E-state index >= 15 is 0 Å². The molecule has 2 aliphatic rings. The average Bonchev–Trinajstić information content (AvgIpc) is 3.46. The molecule has 1 aromatic heterocycles. The molecular formula is C21H30IN5O2. The second kappa shape index (κ2) is 10.9. The number of rotatable bonds is 5. The van der Waals surface area contributed by atoms with Crippen LogP contribution in [0.5, 0.6) is 0 Å². The maximum absolute atomic E-state index is 5.95. The van der Waals surface area contributed by atoms with Crippen molar-refractivity contribution >= 4 is 29.9 Å². The minimum atomic E-state index is 0. The Labute approximate surface area is 189 Å². The second-order valence-corrected chi connectivity index (χ2v) is 7.25. The Morgan fingerprint density at radius 1 is 1.21 bits per heavy atom. The van der Waals surface area contributed by atoms with Gasteiger partial charge in [0, 0.05) is 45.7 Å². The Hall–Kier alpha value is -1.65. The molecule has 2 aromatic rings. The quantitative estimate of drug-likeness (QED) is 0.380. The number of nitrogens with zero attached hydrogens (tertiary/aromatic N) is 4. The molecule has 0 bridgehead atoms. The lowest BCUT2D eigenvalue weighted by Gasteiger charge is -2.37. The van der Waals surface area contributed by atoms with E-state index in [1.165, 1.54) is 5.56 Å². The number of aromatic nitrogens is 2. The lowest BCUT2D eigenvalue weighted by Crippen LogP contribution is -2.53. The van der Waals surface area contributed by atoms with Gasteiger partial charge in [-0.1, -0.05) is 12.1 Å². The first-order chi connectivity index (χ1) is 13.8. The van der Waals surface area contributed by atoms with Gasteiger partial charge in [-0.3, -0.25) is 4.99 Å². The number of guanidine groups is 1. The summed E-state index contributed by atoms with van der Waals surface area (Å²) < 4.78 is 13.6. The zero-order chi connectivity index (χ0) is 19.2. The van der Waals surface area contributed by atoms with Crippen molar-refractivity contribution in [3.63, 3.8) is 0 Å². The third-order valence-corrected chi connectivity index (χ3v) is 5.39. The van der Waals surface area contributed by atoms with E-state index in [1.54, 1.807) is 6.20 Å². The Morgan fingerprint density at radius 2 is 2.03 bits per heavy atom. The molecule has 0 spiro atoms. The largest absolute Gasteiger partial charge is 0.375 e. The fourth-order valence-electron chi connectivity index (χ4n) is 3.88. The van der Waals surface area contributed by atoms with Crippen molar-refractivity contribution in [2.75, 3.05) is 39.9 Å². The maximum Gasteiger partial charge on any atom is 0.193 e.